The average Bonchev–Trinajstić information content (AvgIpc) is 3.02. The van der Waals surface area contributed by atoms with E-state index in [1.54, 1.807) is 18.2 Å². The zero-order chi connectivity index (χ0) is 19.4. The number of carbonyl (C=O) groups excluding carboxylic acids is 1. The minimum Gasteiger partial charge on any atom is -0.325 e. The van der Waals surface area contributed by atoms with Crippen LogP contribution in [0.4, 0.5) is 10.1 Å². The van der Waals surface area contributed by atoms with Gasteiger partial charge in [0, 0.05) is 12.2 Å². The van der Waals surface area contributed by atoms with Crippen LogP contribution in [0.1, 0.15) is 18.1 Å². The van der Waals surface area contributed by atoms with Crippen LogP contribution in [0.5, 0.6) is 0 Å². The molecule has 1 aromatic heterocycles. The molecule has 1 amide bonds. The molecule has 0 fully saturated rings. The zero-order valence-corrected chi connectivity index (χ0v) is 16.3. The van der Waals surface area contributed by atoms with Gasteiger partial charge in [0.2, 0.25) is 5.91 Å². The Morgan fingerprint density at radius 3 is 2.52 bits per heavy atom. The normalized spacial score (nSPS) is 10.8. The van der Waals surface area contributed by atoms with Gasteiger partial charge in [0.1, 0.15) is 5.82 Å². The summed E-state index contributed by atoms with van der Waals surface area (Å²) >= 11 is 1.28. The molecule has 0 saturated carbocycles. The highest BCUT2D eigenvalue weighted by Crippen LogP contribution is 2.26. The summed E-state index contributed by atoms with van der Waals surface area (Å²) in [4.78, 5) is 12.3. The average molecular weight is 384 g/mol. The van der Waals surface area contributed by atoms with Gasteiger partial charge in [-0.1, -0.05) is 30.0 Å². The van der Waals surface area contributed by atoms with Crippen LogP contribution in [0, 0.1) is 19.7 Å². The molecule has 0 atom stereocenters. The summed E-state index contributed by atoms with van der Waals surface area (Å²) < 4.78 is 15.9. The molecule has 27 heavy (non-hydrogen) atoms. The van der Waals surface area contributed by atoms with Crippen molar-refractivity contribution in [3.05, 3.63) is 59.4 Å². The first-order chi connectivity index (χ1) is 13.0. The lowest BCUT2D eigenvalue weighted by Crippen LogP contribution is -2.15. The van der Waals surface area contributed by atoms with Gasteiger partial charge >= 0.3 is 0 Å². The van der Waals surface area contributed by atoms with E-state index in [-0.39, 0.29) is 17.5 Å². The molecular formula is C20H21FN4OS. The topological polar surface area (TPSA) is 59.8 Å². The predicted molar refractivity (Wildman–Crippen MR) is 106 cm³/mol. The van der Waals surface area contributed by atoms with Crippen molar-refractivity contribution in [2.24, 2.45) is 0 Å². The van der Waals surface area contributed by atoms with Crippen LogP contribution < -0.4 is 5.32 Å². The molecule has 0 aliphatic heterocycles. The molecule has 0 saturated heterocycles. The fourth-order valence-electron chi connectivity index (χ4n) is 2.90. The van der Waals surface area contributed by atoms with Gasteiger partial charge in [0.05, 0.1) is 11.3 Å². The Labute approximate surface area is 162 Å². The quantitative estimate of drug-likeness (QED) is 0.638. The van der Waals surface area contributed by atoms with Crippen LogP contribution in [0.3, 0.4) is 0 Å². The van der Waals surface area contributed by atoms with E-state index in [1.807, 2.05) is 37.5 Å². The van der Waals surface area contributed by atoms with Crippen molar-refractivity contribution in [3.63, 3.8) is 0 Å². The van der Waals surface area contributed by atoms with E-state index < -0.39 is 0 Å². The Morgan fingerprint density at radius 1 is 1.15 bits per heavy atom. The number of aryl methyl sites for hydroxylation is 2. The Morgan fingerprint density at radius 2 is 1.85 bits per heavy atom. The monoisotopic (exact) mass is 384 g/mol. The van der Waals surface area contributed by atoms with Gasteiger partial charge in [-0.3, -0.25) is 4.79 Å². The van der Waals surface area contributed by atoms with Gasteiger partial charge in [0.25, 0.3) is 0 Å². The molecular weight excluding hydrogens is 363 g/mol. The molecule has 0 aliphatic rings. The highest BCUT2D eigenvalue weighted by Gasteiger charge is 2.17. The molecule has 0 radical (unpaired) electrons. The second-order valence-corrected chi connectivity index (χ2v) is 7.19. The maximum Gasteiger partial charge on any atom is 0.234 e. The van der Waals surface area contributed by atoms with E-state index in [1.165, 1.54) is 17.8 Å². The first kappa shape index (κ1) is 19.1. The molecule has 0 bridgehead atoms. The summed E-state index contributed by atoms with van der Waals surface area (Å²) in [7, 11) is 0. The van der Waals surface area contributed by atoms with Crippen molar-refractivity contribution < 1.29 is 9.18 Å². The molecule has 7 heteroatoms. The van der Waals surface area contributed by atoms with Gasteiger partial charge < -0.3 is 9.88 Å². The Balaban J connectivity index is 1.71. The molecule has 1 heterocycles. The van der Waals surface area contributed by atoms with Gasteiger partial charge in [-0.2, -0.15) is 0 Å². The van der Waals surface area contributed by atoms with E-state index >= 15 is 0 Å². The molecule has 0 unspecified atom stereocenters. The Hall–Kier alpha value is -2.67. The van der Waals surface area contributed by atoms with Crippen molar-refractivity contribution >= 4 is 23.4 Å². The van der Waals surface area contributed by atoms with Crippen LogP contribution in [0.15, 0.2) is 47.6 Å². The maximum atomic E-state index is 14.1. The highest BCUT2D eigenvalue weighted by molar-refractivity contribution is 7.99. The molecule has 1 N–H and O–H groups in total. The highest BCUT2D eigenvalue weighted by atomic mass is 32.2. The van der Waals surface area contributed by atoms with E-state index in [0.29, 0.717) is 23.1 Å². The Bertz CT molecular complexity index is 950. The number of thioether (sulfide) groups is 1. The third-order valence-corrected chi connectivity index (χ3v) is 4.95. The lowest BCUT2D eigenvalue weighted by molar-refractivity contribution is -0.113. The molecule has 3 aromatic rings. The number of amides is 1. The first-order valence-corrected chi connectivity index (χ1v) is 9.65. The number of benzene rings is 2. The van der Waals surface area contributed by atoms with E-state index in [2.05, 4.69) is 21.6 Å². The van der Waals surface area contributed by atoms with Gasteiger partial charge in [-0.15, -0.1) is 10.2 Å². The Kier molecular flexibility index (Phi) is 5.91. The van der Waals surface area contributed by atoms with Crippen molar-refractivity contribution in [2.45, 2.75) is 32.5 Å². The van der Waals surface area contributed by atoms with Crippen molar-refractivity contribution in [1.82, 2.24) is 14.8 Å². The van der Waals surface area contributed by atoms with E-state index in [4.69, 9.17) is 0 Å². The zero-order valence-electron chi connectivity index (χ0n) is 15.5. The van der Waals surface area contributed by atoms with Gasteiger partial charge in [-0.25, -0.2) is 4.39 Å². The number of rotatable bonds is 6. The third-order valence-electron chi connectivity index (χ3n) is 3.99. The molecule has 5 nitrogen and oxygen atoms in total. The van der Waals surface area contributed by atoms with Gasteiger partial charge in [0.15, 0.2) is 11.0 Å². The second kappa shape index (κ2) is 8.35. The third kappa shape index (κ3) is 4.54. The van der Waals surface area contributed by atoms with E-state index in [0.717, 1.165) is 16.8 Å². The van der Waals surface area contributed by atoms with Crippen molar-refractivity contribution in [1.29, 1.82) is 0 Å². The minimum absolute atomic E-state index is 0.122. The predicted octanol–water partition coefficient (Wildman–Crippen LogP) is 4.45. The smallest absolute Gasteiger partial charge is 0.234 e. The largest absolute Gasteiger partial charge is 0.325 e. The van der Waals surface area contributed by atoms with Crippen molar-refractivity contribution in [2.75, 3.05) is 11.1 Å². The fourth-order valence-corrected chi connectivity index (χ4v) is 3.70. The van der Waals surface area contributed by atoms with Crippen LogP contribution in [0.2, 0.25) is 0 Å². The summed E-state index contributed by atoms with van der Waals surface area (Å²) in [5.74, 6) is 0.196. The van der Waals surface area contributed by atoms with Crippen LogP contribution >= 0.6 is 11.8 Å². The minimum atomic E-state index is -0.344. The summed E-state index contributed by atoms with van der Waals surface area (Å²) in [6, 6.07) is 12.4. The number of nitrogens with zero attached hydrogens (tertiary/aromatic N) is 3. The number of hydrogen-bond acceptors (Lipinski definition) is 4. The molecule has 2 aromatic carbocycles. The summed E-state index contributed by atoms with van der Waals surface area (Å²) in [6.07, 6.45) is 0. The number of halogens is 1. The number of carbonyl (C=O) groups is 1. The van der Waals surface area contributed by atoms with Crippen LogP contribution in [-0.4, -0.2) is 26.4 Å². The molecule has 3 rings (SSSR count). The number of hydrogen-bond donors (Lipinski definition) is 1. The van der Waals surface area contributed by atoms with Crippen LogP contribution in [-0.2, 0) is 11.3 Å². The fraction of sp³-hybridized carbons (Fsp3) is 0.250. The number of nitrogens with one attached hydrogen (secondary N) is 1. The SMILES string of the molecule is CCn1c(SCC(=O)Nc2cc(C)cc(C)c2)nnc1-c1ccccc1F. The molecule has 0 aliphatic carbocycles. The van der Waals surface area contributed by atoms with Crippen LogP contribution in [0.25, 0.3) is 11.4 Å². The lowest BCUT2D eigenvalue weighted by atomic mass is 10.1. The maximum absolute atomic E-state index is 14.1. The van der Waals surface area contributed by atoms with Gasteiger partial charge in [-0.05, 0) is 56.2 Å². The molecule has 0 spiro atoms. The first-order valence-electron chi connectivity index (χ1n) is 8.67. The number of anilines is 1. The summed E-state index contributed by atoms with van der Waals surface area (Å²) in [5, 5.41) is 11.8. The molecule has 140 valence electrons. The summed E-state index contributed by atoms with van der Waals surface area (Å²) in [5.41, 5.74) is 3.37. The van der Waals surface area contributed by atoms with E-state index in [9.17, 15) is 9.18 Å². The summed E-state index contributed by atoms with van der Waals surface area (Å²) in [6.45, 7) is 6.50. The number of aromatic nitrogens is 3. The lowest BCUT2D eigenvalue weighted by Gasteiger charge is -2.09. The van der Waals surface area contributed by atoms with Crippen molar-refractivity contribution in [3.8, 4) is 11.4 Å². The second-order valence-electron chi connectivity index (χ2n) is 6.24. The standard InChI is InChI=1S/C20H21FN4OS/c1-4-25-19(16-7-5-6-8-17(16)21)23-24-20(25)27-12-18(26)22-15-10-13(2)9-14(3)11-15/h5-11H,4,12H2,1-3H3,(H,22,26).